The van der Waals surface area contributed by atoms with E-state index in [0.717, 1.165) is 31.4 Å². The number of hydrogen-bond donors (Lipinski definition) is 2. The highest BCUT2D eigenvalue weighted by atomic mass is 35.5. The van der Waals surface area contributed by atoms with Crippen LogP contribution >= 0.6 is 12.4 Å². The van der Waals surface area contributed by atoms with Crippen molar-refractivity contribution in [1.29, 1.82) is 0 Å². The van der Waals surface area contributed by atoms with E-state index in [2.05, 4.69) is 15.4 Å². The Kier molecular flexibility index (Phi) is 7.64. The molecule has 1 aliphatic heterocycles. The van der Waals surface area contributed by atoms with E-state index in [4.69, 9.17) is 0 Å². The van der Waals surface area contributed by atoms with Crippen molar-refractivity contribution in [1.82, 2.24) is 10.6 Å². The fourth-order valence-electron chi connectivity index (χ4n) is 2.26. The molecule has 1 heterocycles. The normalized spacial score (nSPS) is 18.0. The molecule has 1 amide bonds. The molecule has 0 radical (unpaired) electrons. The number of alkyl halides is 3. The molecule has 2 rings (SSSR count). The summed E-state index contributed by atoms with van der Waals surface area (Å²) in [5, 5.41) is 5.98. The third kappa shape index (κ3) is 7.09. The third-order valence-electron chi connectivity index (χ3n) is 3.42. The van der Waals surface area contributed by atoms with E-state index in [1.165, 1.54) is 12.1 Å². The average molecular weight is 353 g/mol. The summed E-state index contributed by atoms with van der Waals surface area (Å²) in [5.74, 6) is 0.110. The first kappa shape index (κ1) is 19.6. The van der Waals surface area contributed by atoms with Crippen LogP contribution in [-0.2, 0) is 11.3 Å². The molecule has 0 spiro atoms. The number of carbonyl (C=O) groups excluding carboxylic acids is 1. The van der Waals surface area contributed by atoms with E-state index in [0.29, 0.717) is 6.54 Å². The predicted molar refractivity (Wildman–Crippen MR) is 82.7 cm³/mol. The standard InChI is InChI=1S/C15H19F3N2O2.ClH/c16-15(17,18)10-22-12-6-4-11(5-7-12)9-20-14(21)13-3-1-2-8-19-13;/h4-7,13,19H,1-3,8-10H2,(H,20,21);1H/t13-;/m0./s1. The van der Waals surface area contributed by atoms with Crippen LogP contribution in [0.2, 0.25) is 0 Å². The molecule has 8 heteroatoms. The van der Waals surface area contributed by atoms with Crippen LogP contribution < -0.4 is 15.4 Å². The average Bonchev–Trinajstić information content (AvgIpc) is 2.52. The highest BCUT2D eigenvalue weighted by Gasteiger charge is 2.28. The number of carbonyl (C=O) groups is 1. The molecule has 0 bridgehead atoms. The Hall–Kier alpha value is -1.47. The molecule has 0 aromatic heterocycles. The molecule has 0 aliphatic carbocycles. The van der Waals surface area contributed by atoms with E-state index < -0.39 is 12.8 Å². The zero-order chi connectivity index (χ0) is 16.0. The van der Waals surface area contributed by atoms with Crippen molar-refractivity contribution in [2.75, 3.05) is 13.2 Å². The van der Waals surface area contributed by atoms with Gasteiger partial charge < -0.3 is 15.4 Å². The fourth-order valence-corrected chi connectivity index (χ4v) is 2.26. The number of piperidine rings is 1. The van der Waals surface area contributed by atoms with Crippen molar-refractivity contribution in [3.63, 3.8) is 0 Å². The summed E-state index contributed by atoms with van der Waals surface area (Å²) in [4.78, 5) is 11.9. The minimum Gasteiger partial charge on any atom is -0.484 e. The van der Waals surface area contributed by atoms with E-state index in [1.54, 1.807) is 12.1 Å². The lowest BCUT2D eigenvalue weighted by Crippen LogP contribution is -2.46. The van der Waals surface area contributed by atoms with Crippen LogP contribution in [0.25, 0.3) is 0 Å². The summed E-state index contributed by atoms with van der Waals surface area (Å²) >= 11 is 0. The zero-order valence-corrected chi connectivity index (χ0v) is 13.3. The second-order valence-electron chi connectivity index (χ2n) is 5.27. The number of nitrogens with one attached hydrogen (secondary N) is 2. The molecule has 2 N–H and O–H groups in total. The molecular weight excluding hydrogens is 333 g/mol. The van der Waals surface area contributed by atoms with Gasteiger partial charge in [0.1, 0.15) is 5.75 Å². The lowest BCUT2D eigenvalue weighted by atomic mass is 10.0. The van der Waals surface area contributed by atoms with Gasteiger partial charge in [-0.3, -0.25) is 4.79 Å². The topological polar surface area (TPSA) is 50.4 Å². The van der Waals surface area contributed by atoms with Crippen molar-refractivity contribution in [3.8, 4) is 5.75 Å². The number of halogens is 4. The number of amides is 1. The summed E-state index contributed by atoms with van der Waals surface area (Å²) in [6.45, 7) is -0.115. The second kappa shape index (κ2) is 8.98. The molecule has 23 heavy (non-hydrogen) atoms. The predicted octanol–water partition coefficient (Wildman–Crippen LogP) is 2.81. The maximum atomic E-state index is 12.0. The second-order valence-corrected chi connectivity index (χ2v) is 5.27. The Morgan fingerprint density at radius 3 is 2.52 bits per heavy atom. The van der Waals surface area contributed by atoms with Crippen LogP contribution in [0.1, 0.15) is 24.8 Å². The van der Waals surface area contributed by atoms with E-state index in [-0.39, 0.29) is 30.1 Å². The first-order chi connectivity index (χ1) is 10.4. The van der Waals surface area contributed by atoms with Crippen molar-refractivity contribution in [2.24, 2.45) is 0 Å². The molecule has 1 saturated heterocycles. The third-order valence-corrected chi connectivity index (χ3v) is 3.42. The van der Waals surface area contributed by atoms with Gasteiger partial charge in [0.05, 0.1) is 6.04 Å². The van der Waals surface area contributed by atoms with Crippen LogP contribution in [0.15, 0.2) is 24.3 Å². The molecule has 1 aromatic rings. The van der Waals surface area contributed by atoms with Crippen molar-refractivity contribution >= 4 is 18.3 Å². The molecule has 130 valence electrons. The maximum Gasteiger partial charge on any atom is 0.422 e. The maximum absolute atomic E-state index is 12.0. The van der Waals surface area contributed by atoms with Gasteiger partial charge in [0.15, 0.2) is 6.61 Å². The lowest BCUT2D eigenvalue weighted by Gasteiger charge is -2.22. The molecule has 1 aliphatic rings. The molecule has 4 nitrogen and oxygen atoms in total. The Morgan fingerprint density at radius 1 is 1.26 bits per heavy atom. The molecule has 0 saturated carbocycles. The van der Waals surface area contributed by atoms with Crippen molar-refractivity contribution in [3.05, 3.63) is 29.8 Å². The van der Waals surface area contributed by atoms with Gasteiger partial charge in [0.2, 0.25) is 5.91 Å². The minimum absolute atomic E-state index is 0. The first-order valence-electron chi connectivity index (χ1n) is 7.24. The highest BCUT2D eigenvalue weighted by molar-refractivity contribution is 5.85. The van der Waals surface area contributed by atoms with Gasteiger partial charge in [-0.15, -0.1) is 12.4 Å². The van der Waals surface area contributed by atoms with E-state index in [9.17, 15) is 18.0 Å². The first-order valence-corrected chi connectivity index (χ1v) is 7.24. The van der Waals surface area contributed by atoms with Gasteiger partial charge in [0, 0.05) is 6.54 Å². The van der Waals surface area contributed by atoms with E-state index >= 15 is 0 Å². The van der Waals surface area contributed by atoms with Crippen molar-refractivity contribution < 1.29 is 22.7 Å². The monoisotopic (exact) mass is 352 g/mol. The van der Waals surface area contributed by atoms with E-state index in [1.807, 2.05) is 0 Å². The van der Waals surface area contributed by atoms with Crippen LogP contribution in [0.4, 0.5) is 13.2 Å². The van der Waals surface area contributed by atoms with Crippen LogP contribution in [0.3, 0.4) is 0 Å². The van der Waals surface area contributed by atoms with Crippen LogP contribution in [0.5, 0.6) is 5.75 Å². The number of ether oxygens (including phenoxy) is 1. The number of benzene rings is 1. The Labute approximate surface area is 139 Å². The smallest absolute Gasteiger partial charge is 0.422 e. The zero-order valence-electron chi connectivity index (χ0n) is 12.5. The van der Waals surface area contributed by atoms with Gasteiger partial charge in [-0.1, -0.05) is 18.6 Å². The van der Waals surface area contributed by atoms with Gasteiger partial charge in [0.25, 0.3) is 0 Å². The van der Waals surface area contributed by atoms with Gasteiger partial charge >= 0.3 is 6.18 Å². The van der Waals surface area contributed by atoms with Gasteiger partial charge in [-0.25, -0.2) is 0 Å². The van der Waals surface area contributed by atoms with Crippen LogP contribution in [-0.4, -0.2) is 31.3 Å². The fraction of sp³-hybridized carbons (Fsp3) is 0.533. The quantitative estimate of drug-likeness (QED) is 0.856. The number of hydrogen-bond acceptors (Lipinski definition) is 3. The Morgan fingerprint density at radius 2 is 1.96 bits per heavy atom. The largest absolute Gasteiger partial charge is 0.484 e. The Balaban J connectivity index is 0.00000264. The number of rotatable bonds is 5. The minimum atomic E-state index is -4.35. The Bertz CT molecular complexity index is 488. The summed E-state index contributed by atoms with van der Waals surface area (Å²) < 4.78 is 40.7. The molecular formula is C15H20ClF3N2O2. The van der Waals surface area contributed by atoms with Crippen LogP contribution in [0, 0.1) is 0 Å². The SMILES string of the molecule is Cl.O=C(NCc1ccc(OCC(F)(F)F)cc1)[C@@H]1CCCCN1. The molecule has 1 aromatic carbocycles. The van der Waals surface area contributed by atoms with Crippen molar-refractivity contribution in [2.45, 2.75) is 38.0 Å². The summed E-state index contributed by atoms with van der Waals surface area (Å²) in [6.07, 6.45) is -1.39. The highest BCUT2D eigenvalue weighted by Crippen LogP contribution is 2.18. The summed E-state index contributed by atoms with van der Waals surface area (Å²) in [5.41, 5.74) is 0.809. The summed E-state index contributed by atoms with van der Waals surface area (Å²) in [7, 11) is 0. The summed E-state index contributed by atoms with van der Waals surface area (Å²) in [6, 6.07) is 6.06. The van der Waals surface area contributed by atoms with Gasteiger partial charge in [-0.2, -0.15) is 13.2 Å². The molecule has 1 atom stereocenters. The lowest BCUT2D eigenvalue weighted by molar-refractivity contribution is -0.153. The molecule has 0 unspecified atom stereocenters. The van der Waals surface area contributed by atoms with Gasteiger partial charge in [-0.05, 0) is 37.1 Å². The molecule has 1 fully saturated rings.